The summed E-state index contributed by atoms with van der Waals surface area (Å²) in [6.07, 6.45) is 6.90. The van der Waals surface area contributed by atoms with Crippen LogP contribution in [0.25, 0.3) is 0 Å². The zero-order valence-electron chi connectivity index (χ0n) is 10.5. The largest absolute Gasteiger partial charge is 0.300 e. The second-order valence-corrected chi connectivity index (χ2v) is 4.87. The van der Waals surface area contributed by atoms with Crippen LogP contribution in [-0.2, 0) is 4.79 Å². The lowest BCUT2D eigenvalue weighted by Crippen LogP contribution is -2.29. The van der Waals surface area contributed by atoms with Gasteiger partial charge in [0, 0.05) is 5.92 Å². The molecule has 3 unspecified atom stereocenters. The molecular weight excluding hydrogens is 198 g/mol. The van der Waals surface area contributed by atoms with Crippen LogP contribution in [0.15, 0.2) is 11.6 Å². The van der Waals surface area contributed by atoms with Gasteiger partial charge in [-0.05, 0) is 38.1 Å². The van der Waals surface area contributed by atoms with E-state index in [1.54, 1.807) is 6.92 Å². The monoisotopic (exact) mass is 221 g/mol. The summed E-state index contributed by atoms with van der Waals surface area (Å²) in [5.74, 6) is 3.73. The van der Waals surface area contributed by atoms with Gasteiger partial charge in [-0.15, -0.1) is 0 Å². The molecule has 0 N–H and O–H groups in total. The number of ketones is 1. The van der Waals surface area contributed by atoms with Gasteiger partial charge in [0.25, 0.3) is 0 Å². The summed E-state index contributed by atoms with van der Waals surface area (Å²) in [6.45, 7) is 7.47. The summed E-state index contributed by atoms with van der Waals surface area (Å²) in [6, 6.07) is 0.125. The normalized spacial score (nSPS) is 31.0. The van der Waals surface area contributed by atoms with Gasteiger partial charge in [-0.3, -0.25) is 4.79 Å². The zero-order valence-corrected chi connectivity index (χ0v) is 10.5. The van der Waals surface area contributed by atoms with Crippen molar-refractivity contribution in [3.63, 3.8) is 0 Å². The smallest absolute Gasteiger partial charge is 0.135 e. The standard InChI is InChI=1S/C14H23NO/c1-4-12-8-6-7-9-13(11(3)16)14(10-12)15-5-2/h12-14H,2,4,6-10H2,1,3H3. The lowest BCUT2D eigenvalue weighted by atomic mass is 9.79. The van der Waals surface area contributed by atoms with Crippen LogP contribution in [0.4, 0.5) is 0 Å². The van der Waals surface area contributed by atoms with E-state index in [9.17, 15) is 4.79 Å². The van der Waals surface area contributed by atoms with Crippen LogP contribution >= 0.6 is 0 Å². The first-order valence-corrected chi connectivity index (χ1v) is 6.41. The molecule has 0 saturated heterocycles. The molecule has 1 aliphatic rings. The van der Waals surface area contributed by atoms with Crippen molar-refractivity contribution >= 4 is 11.7 Å². The van der Waals surface area contributed by atoms with Crippen LogP contribution < -0.4 is 0 Å². The second kappa shape index (κ2) is 6.65. The fraction of sp³-hybridized carbons (Fsp3) is 0.786. The van der Waals surface area contributed by atoms with Crippen molar-refractivity contribution in [2.45, 2.75) is 58.4 Å². The third-order valence-electron chi connectivity index (χ3n) is 3.77. The highest BCUT2D eigenvalue weighted by atomic mass is 16.1. The Balaban J connectivity index is 2.79. The minimum Gasteiger partial charge on any atom is -0.300 e. The Hall–Kier alpha value is -0.880. The van der Waals surface area contributed by atoms with E-state index < -0.39 is 0 Å². The molecule has 0 bridgehead atoms. The topological polar surface area (TPSA) is 29.4 Å². The predicted octanol–water partition coefficient (Wildman–Crippen LogP) is 3.41. The number of rotatable bonds is 3. The highest BCUT2D eigenvalue weighted by Gasteiger charge is 2.28. The second-order valence-electron chi connectivity index (χ2n) is 4.87. The molecule has 3 atom stereocenters. The summed E-state index contributed by atoms with van der Waals surface area (Å²) in [7, 11) is 0. The Kier molecular flexibility index (Phi) is 5.48. The van der Waals surface area contributed by atoms with Gasteiger partial charge in [0.05, 0.1) is 6.04 Å². The summed E-state index contributed by atoms with van der Waals surface area (Å²) in [5, 5.41) is 0. The van der Waals surface area contributed by atoms with Crippen molar-refractivity contribution in [2.75, 3.05) is 0 Å². The van der Waals surface area contributed by atoms with Crippen molar-refractivity contribution in [1.82, 2.24) is 0 Å². The molecule has 90 valence electrons. The van der Waals surface area contributed by atoms with Crippen LogP contribution in [0.3, 0.4) is 0 Å². The van der Waals surface area contributed by atoms with E-state index in [4.69, 9.17) is 0 Å². The number of nitrogens with zero attached hydrogens (tertiary/aromatic N) is 1. The van der Waals surface area contributed by atoms with E-state index in [-0.39, 0.29) is 17.7 Å². The Bertz CT molecular complexity index is 278. The maximum atomic E-state index is 11.6. The Morgan fingerprint density at radius 2 is 2.12 bits per heavy atom. The van der Waals surface area contributed by atoms with E-state index in [0.29, 0.717) is 5.92 Å². The van der Waals surface area contributed by atoms with Crippen LogP contribution in [0.5, 0.6) is 0 Å². The fourth-order valence-corrected chi connectivity index (χ4v) is 2.72. The molecule has 0 radical (unpaired) electrons. The molecule has 16 heavy (non-hydrogen) atoms. The average molecular weight is 221 g/mol. The predicted molar refractivity (Wildman–Crippen MR) is 67.9 cm³/mol. The molecule has 1 aliphatic carbocycles. The van der Waals surface area contributed by atoms with Gasteiger partial charge in [0.15, 0.2) is 0 Å². The number of Topliss-reactive ketones (excluding diaryl/α,β-unsaturated/α-hetero) is 1. The molecule has 0 aliphatic heterocycles. The zero-order chi connectivity index (χ0) is 12.0. The third-order valence-corrected chi connectivity index (χ3v) is 3.77. The molecule has 0 amide bonds. The molecule has 2 nitrogen and oxygen atoms in total. The number of carbonyl (C=O) groups excluding carboxylic acids is 1. The van der Waals surface area contributed by atoms with Gasteiger partial charge in [-0.1, -0.05) is 32.6 Å². The SMILES string of the molecule is C=C=NC1CC(CC)CCCCC1C(C)=O. The molecule has 0 heterocycles. The molecule has 0 spiro atoms. The molecule has 0 aromatic heterocycles. The summed E-state index contributed by atoms with van der Waals surface area (Å²) >= 11 is 0. The molecule has 1 fully saturated rings. The van der Waals surface area contributed by atoms with Crippen LogP contribution in [-0.4, -0.2) is 17.7 Å². The van der Waals surface area contributed by atoms with E-state index >= 15 is 0 Å². The number of carbonyl (C=O) groups is 1. The van der Waals surface area contributed by atoms with Gasteiger partial charge in [-0.25, -0.2) is 4.99 Å². The minimum atomic E-state index is 0.101. The average Bonchev–Trinajstić information content (AvgIpc) is 2.21. The maximum absolute atomic E-state index is 11.6. The number of aliphatic imine (C=N–C) groups is 1. The minimum absolute atomic E-state index is 0.101. The van der Waals surface area contributed by atoms with Crippen LogP contribution in [0.2, 0.25) is 0 Å². The van der Waals surface area contributed by atoms with E-state index in [1.807, 2.05) is 0 Å². The Labute approximate surface area is 98.8 Å². The van der Waals surface area contributed by atoms with Crippen molar-refractivity contribution in [2.24, 2.45) is 16.8 Å². The Morgan fingerprint density at radius 1 is 1.44 bits per heavy atom. The van der Waals surface area contributed by atoms with Gasteiger partial charge >= 0.3 is 0 Å². The first-order chi connectivity index (χ1) is 7.69. The first-order valence-electron chi connectivity index (χ1n) is 6.41. The number of hydrogen-bond acceptors (Lipinski definition) is 2. The Morgan fingerprint density at radius 3 is 2.69 bits per heavy atom. The lowest BCUT2D eigenvalue weighted by Gasteiger charge is -2.28. The van der Waals surface area contributed by atoms with E-state index in [2.05, 4.69) is 24.4 Å². The summed E-state index contributed by atoms with van der Waals surface area (Å²) in [4.78, 5) is 15.9. The van der Waals surface area contributed by atoms with Gasteiger partial charge in [-0.2, -0.15) is 0 Å². The highest BCUT2D eigenvalue weighted by Crippen LogP contribution is 2.30. The molecule has 0 aromatic carbocycles. The third kappa shape index (κ3) is 3.61. The van der Waals surface area contributed by atoms with Crippen molar-refractivity contribution in [3.8, 4) is 0 Å². The van der Waals surface area contributed by atoms with Gasteiger partial charge < -0.3 is 0 Å². The molecule has 0 aromatic rings. The van der Waals surface area contributed by atoms with Gasteiger partial charge in [0.2, 0.25) is 0 Å². The maximum Gasteiger partial charge on any atom is 0.135 e. The molecule has 1 saturated carbocycles. The summed E-state index contributed by atoms with van der Waals surface area (Å²) in [5.41, 5.74) is 0. The van der Waals surface area contributed by atoms with Crippen LogP contribution in [0, 0.1) is 11.8 Å². The lowest BCUT2D eigenvalue weighted by molar-refractivity contribution is -0.121. The quantitative estimate of drug-likeness (QED) is 0.671. The van der Waals surface area contributed by atoms with Crippen molar-refractivity contribution < 1.29 is 4.79 Å². The van der Waals surface area contributed by atoms with Gasteiger partial charge in [0.1, 0.15) is 5.78 Å². The first kappa shape index (κ1) is 13.2. The fourth-order valence-electron chi connectivity index (χ4n) is 2.72. The van der Waals surface area contributed by atoms with E-state index in [1.165, 1.54) is 19.3 Å². The molecular formula is C14H23NO. The summed E-state index contributed by atoms with van der Waals surface area (Å²) < 4.78 is 0. The van der Waals surface area contributed by atoms with E-state index in [0.717, 1.165) is 19.3 Å². The van der Waals surface area contributed by atoms with Crippen molar-refractivity contribution in [1.29, 1.82) is 0 Å². The molecule has 2 heteroatoms. The van der Waals surface area contributed by atoms with Crippen molar-refractivity contribution in [3.05, 3.63) is 6.58 Å². The molecule has 1 rings (SSSR count). The number of hydrogen-bond donors (Lipinski definition) is 0. The van der Waals surface area contributed by atoms with Crippen LogP contribution in [0.1, 0.15) is 52.4 Å². The highest BCUT2D eigenvalue weighted by molar-refractivity contribution is 5.79.